The minimum Gasteiger partial charge on any atom is -0.504 e. The lowest BCUT2D eigenvalue weighted by Gasteiger charge is -2.08. The molecule has 0 atom stereocenters. The molecule has 0 bridgehead atoms. The van der Waals surface area contributed by atoms with Gasteiger partial charge in [-0.2, -0.15) is 0 Å². The van der Waals surface area contributed by atoms with Crippen LogP contribution in [0.15, 0.2) is 15.2 Å². The van der Waals surface area contributed by atoms with Gasteiger partial charge in [-0.05, 0) is 37.5 Å². The first-order chi connectivity index (χ1) is 6.54. The van der Waals surface area contributed by atoms with Gasteiger partial charge in [0.25, 0.3) is 0 Å². The molecule has 0 spiro atoms. The van der Waals surface area contributed by atoms with Gasteiger partial charge in [0.15, 0.2) is 5.75 Å². The molecule has 0 unspecified atom stereocenters. The number of halogens is 1. The zero-order chi connectivity index (χ0) is 10.5. The zero-order valence-corrected chi connectivity index (χ0v) is 9.90. The summed E-state index contributed by atoms with van der Waals surface area (Å²) in [5, 5.41) is 10.4. The number of fused-ring (bicyclic) bond motifs is 1. The lowest BCUT2D eigenvalue weighted by atomic mass is 10.0. The average Bonchev–Trinajstić information content (AvgIpc) is 2.54. The lowest BCUT2D eigenvalue weighted by Crippen LogP contribution is -1.88. The van der Waals surface area contributed by atoms with Crippen molar-refractivity contribution in [1.82, 2.24) is 0 Å². The second kappa shape index (κ2) is 3.02. The molecule has 74 valence electrons. The van der Waals surface area contributed by atoms with Crippen molar-refractivity contribution in [3.8, 4) is 5.75 Å². The van der Waals surface area contributed by atoms with Gasteiger partial charge in [-0.1, -0.05) is 15.9 Å². The van der Waals surface area contributed by atoms with E-state index in [1.54, 1.807) is 0 Å². The highest BCUT2D eigenvalue weighted by molar-refractivity contribution is 9.10. The Morgan fingerprint density at radius 3 is 2.43 bits per heavy atom. The van der Waals surface area contributed by atoms with Gasteiger partial charge in [0.05, 0.1) is 5.39 Å². The SMILES string of the molecule is Cc1c(Br)c(C)c2c(O)coc2c1C. The number of hydrogen-bond acceptors (Lipinski definition) is 2. The summed E-state index contributed by atoms with van der Waals surface area (Å²) in [5.41, 5.74) is 4.03. The predicted molar refractivity (Wildman–Crippen MR) is 59.8 cm³/mol. The van der Waals surface area contributed by atoms with Crippen molar-refractivity contribution >= 4 is 26.9 Å². The monoisotopic (exact) mass is 254 g/mol. The van der Waals surface area contributed by atoms with E-state index in [2.05, 4.69) is 15.9 Å². The van der Waals surface area contributed by atoms with Crippen LogP contribution in [0, 0.1) is 20.8 Å². The molecular formula is C11H11BrO2. The fraction of sp³-hybridized carbons (Fsp3) is 0.273. The molecule has 0 saturated carbocycles. The first kappa shape index (κ1) is 9.59. The van der Waals surface area contributed by atoms with E-state index in [1.165, 1.54) is 6.26 Å². The van der Waals surface area contributed by atoms with Crippen molar-refractivity contribution in [2.75, 3.05) is 0 Å². The zero-order valence-electron chi connectivity index (χ0n) is 8.31. The molecular weight excluding hydrogens is 244 g/mol. The van der Waals surface area contributed by atoms with Crippen LogP contribution in [0.3, 0.4) is 0 Å². The van der Waals surface area contributed by atoms with Crippen molar-refractivity contribution in [2.24, 2.45) is 0 Å². The molecule has 0 fully saturated rings. The molecule has 1 heterocycles. The molecule has 0 saturated heterocycles. The normalized spacial score (nSPS) is 11.1. The summed E-state index contributed by atoms with van der Waals surface area (Å²) in [4.78, 5) is 0. The van der Waals surface area contributed by atoms with Crippen LogP contribution < -0.4 is 0 Å². The van der Waals surface area contributed by atoms with Gasteiger partial charge in [-0.3, -0.25) is 0 Å². The Kier molecular flexibility index (Phi) is 2.07. The Morgan fingerprint density at radius 1 is 1.14 bits per heavy atom. The third-order valence-corrected chi connectivity index (χ3v) is 3.90. The maximum absolute atomic E-state index is 9.62. The van der Waals surface area contributed by atoms with Gasteiger partial charge in [0.1, 0.15) is 11.8 Å². The van der Waals surface area contributed by atoms with E-state index >= 15 is 0 Å². The Morgan fingerprint density at radius 2 is 1.79 bits per heavy atom. The third kappa shape index (κ3) is 1.08. The first-order valence-corrected chi connectivity index (χ1v) is 5.18. The van der Waals surface area contributed by atoms with Gasteiger partial charge in [-0.25, -0.2) is 0 Å². The Labute approximate surface area is 90.7 Å². The van der Waals surface area contributed by atoms with E-state index in [9.17, 15) is 5.11 Å². The number of aromatic hydroxyl groups is 1. The number of furan rings is 1. The largest absolute Gasteiger partial charge is 0.504 e. The molecule has 0 aliphatic rings. The summed E-state index contributed by atoms with van der Waals surface area (Å²) in [5.74, 6) is 0.210. The summed E-state index contributed by atoms with van der Waals surface area (Å²) in [6.45, 7) is 5.99. The maximum Gasteiger partial charge on any atom is 0.162 e. The number of aryl methyl sites for hydroxylation is 2. The van der Waals surface area contributed by atoms with Crippen molar-refractivity contribution in [3.05, 3.63) is 27.4 Å². The van der Waals surface area contributed by atoms with Crippen LogP contribution in [0.5, 0.6) is 5.75 Å². The molecule has 2 nitrogen and oxygen atoms in total. The van der Waals surface area contributed by atoms with Crippen LogP contribution in [0.25, 0.3) is 11.0 Å². The van der Waals surface area contributed by atoms with Crippen LogP contribution >= 0.6 is 15.9 Å². The Balaban J connectivity index is 3.05. The molecule has 0 amide bonds. The van der Waals surface area contributed by atoms with E-state index in [0.29, 0.717) is 0 Å². The van der Waals surface area contributed by atoms with Crippen molar-refractivity contribution in [2.45, 2.75) is 20.8 Å². The van der Waals surface area contributed by atoms with Gasteiger partial charge in [-0.15, -0.1) is 0 Å². The van der Waals surface area contributed by atoms with E-state index in [0.717, 1.165) is 32.1 Å². The van der Waals surface area contributed by atoms with Crippen LogP contribution in [0.2, 0.25) is 0 Å². The van der Waals surface area contributed by atoms with Crippen LogP contribution in [-0.2, 0) is 0 Å². The second-order valence-electron chi connectivity index (χ2n) is 3.51. The smallest absolute Gasteiger partial charge is 0.162 e. The molecule has 0 aliphatic heterocycles. The van der Waals surface area contributed by atoms with Crippen molar-refractivity contribution < 1.29 is 9.52 Å². The van der Waals surface area contributed by atoms with Crippen LogP contribution in [0.4, 0.5) is 0 Å². The van der Waals surface area contributed by atoms with E-state index < -0.39 is 0 Å². The first-order valence-electron chi connectivity index (χ1n) is 4.39. The standard InChI is InChI=1S/C11H11BrO2/c1-5-6(2)11-9(7(3)10(5)12)8(13)4-14-11/h4,13H,1-3H3. The highest BCUT2D eigenvalue weighted by atomic mass is 79.9. The summed E-state index contributed by atoms with van der Waals surface area (Å²) >= 11 is 3.52. The molecule has 0 radical (unpaired) electrons. The minimum absolute atomic E-state index is 0.210. The minimum atomic E-state index is 0.210. The Bertz CT molecular complexity index is 512. The van der Waals surface area contributed by atoms with E-state index in [-0.39, 0.29) is 5.75 Å². The van der Waals surface area contributed by atoms with Crippen LogP contribution in [0.1, 0.15) is 16.7 Å². The van der Waals surface area contributed by atoms with E-state index in [4.69, 9.17) is 4.42 Å². The summed E-state index contributed by atoms with van der Waals surface area (Å²) in [7, 11) is 0. The molecule has 14 heavy (non-hydrogen) atoms. The molecule has 2 rings (SSSR count). The topological polar surface area (TPSA) is 33.4 Å². The fourth-order valence-electron chi connectivity index (χ4n) is 1.71. The summed E-state index contributed by atoms with van der Waals surface area (Å²) in [6.07, 6.45) is 1.39. The quantitative estimate of drug-likeness (QED) is 0.776. The summed E-state index contributed by atoms with van der Waals surface area (Å²) < 4.78 is 6.37. The van der Waals surface area contributed by atoms with Gasteiger partial charge < -0.3 is 9.52 Å². The van der Waals surface area contributed by atoms with Gasteiger partial charge in [0.2, 0.25) is 0 Å². The van der Waals surface area contributed by atoms with E-state index in [1.807, 2.05) is 20.8 Å². The fourth-order valence-corrected chi connectivity index (χ4v) is 2.21. The predicted octanol–water partition coefficient (Wildman–Crippen LogP) is 3.83. The van der Waals surface area contributed by atoms with Crippen molar-refractivity contribution in [1.29, 1.82) is 0 Å². The molecule has 1 aromatic heterocycles. The highest BCUT2D eigenvalue weighted by Gasteiger charge is 2.15. The van der Waals surface area contributed by atoms with Crippen molar-refractivity contribution in [3.63, 3.8) is 0 Å². The lowest BCUT2D eigenvalue weighted by molar-refractivity contribution is 0.464. The summed E-state index contributed by atoms with van der Waals surface area (Å²) in [6, 6.07) is 0. The number of benzene rings is 1. The molecule has 3 heteroatoms. The third-order valence-electron chi connectivity index (χ3n) is 2.71. The second-order valence-corrected chi connectivity index (χ2v) is 4.31. The maximum atomic E-state index is 9.62. The van der Waals surface area contributed by atoms with Crippen LogP contribution in [-0.4, -0.2) is 5.11 Å². The average molecular weight is 255 g/mol. The van der Waals surface area contributed by atoms with Gasteiger partial charge in [0, 0.05) is 4.47 Å². The number of rotatable bonds is 0. The molecule has 0 aliphatic carbocycles. The Hall–Kier alpha value is -0.960. The highest BCUT2D eigenvalue weighted by Crippen LogP contribution is 2.38. The molecule has 1 aromatic carbocycles. The number of hydrogen-bond donors (Lipinski definition) is 1. The molecule has 2 aromatic rings. The van der Waals surface area contributed by atoms with Gasteiger partial charge >= 0.3 is 0 Å². The molecule has 1 N–H and O–H groups in total.